The predicted molar refractivity (Wildman–Crippen MR) is 132 cm³/mol. The molecule has 0 spiro atoms. The monoisotopic (exact) mass is 474 g/mol. The fourth-order valence-corrected chi connectivity index (χ4v) is 3.96. The number of morpholine rings is 1. The van der Waals surface area contributed by atoms with Gasteiger partial charge in [0.2, 0.25) is 17.8 Å². The van der Waals surface area contributed by atoms with Gasteiger partial charge in [0.15, 0.2) is 0 Å². The highest BCUT2D eigenvalue weighted by Crippen LogP contribution is 2.25. The first-order chi connectivity index (χ1) is 17.0. The maximum atomic E-state index is 12.4. The zero-order chi connectivity index (χ0) is 24.4. The number of nitrogens with one attached hydrogen (secondary N) is 2. The molecule has 5 rings (SSSR count). The first kappa shape index (κ1) is 22.7. The molecule has 35 heavy (non-hydrogen) atoms. The summed E-state index contributed by atoms with van der Waals surface area (Å²) in [6.07, 6.45) is 1.70. The second-order valence-electron chi connectivity index (χ2n) is 8.12. The molecular weight excluding hydrogens is 448 g/mol. The van der Waals surface area contributed by atoms with E-state index in [0.29, 0.717) is 43.0 Å². The van der Waals surface area contributed by atoms with E-state index in [1.807, 2.05) is 39.0 Å². The van der Waals surface area contributed by atoms with E-state index in [2.05, 4.69) is 40.1 Å². The van der Waals surface area contributed by atoms with E-state index in [9.17, 15) is 4.79 Å². The molecule has 0 saturated carbocycles. The van der Waals surface area contributed by atoms with Gasteiger partial charge in [-0.3, -0.25) is 15.1 Å². The molecule has 3 aromatic heterocycles. The van der Waals surface area contributed by atoms with Gasteiger partial charge in [-0.05, 0) is 39.0 Å². The second kappa shape index (κ2) is 9.63. The van der Waals surface area contributed by atoms with Gasteiger partial charge in [-0.25, -0.2) is 24.9 Å². The lowest BCUT2D eigenvalue weighted by atomic mass is 10.2. The molecule has 4 aromatic rings. The molecule has 1 aliphatic rings. The lowest BCUT2D eigenvalue weighted by molar-refractivity contribution is 0.122. The molecular formula is C24H26N8O3. The van der Waals surface area contributed by atoms with Crippen LogP contribution in [0.2, 0.25) is 0 Å². The number of H-pyrrole nitrogens is 1. The smallest absolute Gasteiger partial charge is 0.252 e. The minimum Gasteiger partial charge on any atom is -0.494 e. The molecule has 1 fully saturated rings. The molecule has 0 atom stereocenters. The quantitative estimate of drug-likeness (QED) is 0.430. The Balaban J connectivity index is 1.43. The van der Waals surface area contributed by atoms with Crippen molar-refractivity contribution >= 4 is 28.7 Å². The number of hydrogen-bond acceptors (Lipinski definition) is 10. The molecule has 2 N–H and O–H groups in total. The molecule has 0 amide bonds. The molecule has 1 saturated heterocycles. The van der Waals surface area contributed by atoms with Crippen LogP contribution < -0.4 is 20.5 Å². The molecule has 1 aromatic carbocycles. The number of fused-ring (bicyclic) bond motifs is 1. The number of aromatic amines is 1. The van der Waals surface area contributed by atoms with Crippen molar-refractivity contribution in [1.29, 1.82) is 0 Å². The molecule has 11 heteroatoms. The number of ether oxygens (including phenoxy) is 2. The van der Waals surface area contributed by atoms with Crippen LogP contribution in [0.25, 0.3) is 22.2 Å². The average molecular weight is 475 g/mol. The van der Waals surface area contributed by atoms with Crippen LogP contribution in [0, 0.1) is 13.8 Å². The topological polar surface area (TPSA) is 131 Å². The average Bonchev–Trinajstić information content (AvgIpc) is 2.85. The summed E-state index contributed by atoms with van der Waals surface area (Å²) in [7, 11) is 0. The van der Waals surface area contributed by atoms with Crippen LogP contribution in [0.3, 0.4) is 0 Å². The third-order valence-corrected chi connectivity index (χ3v) is 5.68. The molecule has 1 aliphatic heterocycles. The van der Waals surface area contributed by atoms with Gasteiger partial charge < -0.3 is 14.4 Å². The highest BCUT2D eigenvalue weighted by Gasteiger charge is 2.16. The number of nitrogens with zero attached hydrogens (tertiary/aromatic N) is 6. The van der Waals surface area contributed by atoms with Crippen molar-refractivity contribution in [3.63, 3.8) is 0 Å². The van der Waals surface area contributed by atoms with Gasteiger partial charge in [0.1, 0.15) is 5.75 Å². The summed E-state index contributed by atoms with van der Waals surface area (Å²) in [5.41, 5.74) is 3.09. The molecule has 0 unspecified atom stereocenters. The van der Waals surface area contributed by atoms with Crippen LogP contribution in [0.5, 0.6) is 5.75 Å². The lowest BCUT2D eigenvalue weighted by Gasteiger charge is -2.27. The van der Waals surface area contributed by atoms with Crippen LogP contribution in [0.4, 0.5) is 17.8 Å². The Hall–Kier alpha value is -4.12. The first-order valence-electron chi connectivity index (χ1n) is 11.5. The van der Waals surface area contributed by atoms with Crippen molar-refractivity contribution in [3.8, 4) is 17.0 Å². The van der Waals surface area contributed by atoms with Gasteiger partial charge in [0.25, 0.3) is 5.56 Å². The summed E-state index contributed by atoms with van der Waals surface area (Å²) in [6.45, 7) is 9.09. The molecule has 180 valence electrons. The number of aromatic nitrogens is 6. The first-order valence-corrected chi connectivity index (χ1v) is 11.5. The summed E-state index contributed by atoms with van der Waals surface area (Å²) >= 11 is 0. The zero-order valence-corrected chi connectivity index (χ0v) is 19.8. The fourth-order valence-electron chi connectivity index (χ4n) is 3.96. The van der Waals surface area contributed by atoms with Crippen LogP contribution in [0.15, 0.2) is 35.3 Å². The summed E-state index contributed by atoms with van der Waals surface area (Å²) < 4.78 is 11.0. The van der Waals surface area contributed by atoms with Crippen LogP contribution in [-0.4, -0.2) is 62.8 Å². The van der Waals surface area contributed by atoms with Crippen molar-refractivity contribution in [3.05, 3.63) is 52.2 Å². The van der Waals surface area contributed by atoms with Gasteiger partial charge in [0.05, 0.1) is 42.4 Å². The van der Waals surface area contributed by atoms with Crippen molar-refractivity contribution in [2.75, 3.05) is 43.1 Å². The number of benzene rings is 1. The van der Waals surface area contributed by atoms with E-state index in [1.165, 1.54) is 6.07 Å². The number of aryl methyl sites for hydroxylation is 2. The van der Waals surface area contributed by atoms with Crippen molar-refractivity contribution in [2.24, 2.45) is 0 Å². The Kier molecular flexibility index (Phi) is 6.23. The number of rotatable bonds is 6. The van der Waals surface area contributed by atoms with E-state index in [0.717, 1.165) is 41.1 Å². The predicted octanol–water partition coefficient (Wildman–Crippen LogP) is 2.77. The third-order valence-electron chi connectivity index (χ3n) is 5.68. The Morgan fingerprint density at radius 2 is 1.91 bits per heavy atom. The minimum absolute atomic E-state index is 0.230. The number of hydrogen-bond donors (Lipinski definition) is 2. The lowest BCUT2D eigenvalue weighted by Crippen LogP contribution is -2.37. The summed E-state index contributed by atoms with van der Waals surface area (Å²) in [5, 5.41) is 3.92. The molecule has 0 radical (unpaired) electrons. The molecule has 0 bridgehead atoms. The highest BCUT2D eigenvalue weighted by molar-refractivity contribution is 5.83. The summed E-state index contributed by atoms with van der Waals surface area (Å²) in [4.78, 5) is 40.0. The van der Waals surface area contributed by atoms with Gasteiger partial charge in [-0.2, -0.15) is 0 Å². The fraction of sp³-hybridized carbons (Fsp3) is 0.333. The maximum Gasteiger partial charge on any atom is 0.252 e. The molecule has 0 aliphatic carbocycles. The SMILES string of the molecule is CCOc1ccc2nc(Nc3nc(-c4cnc(N5CCOCC5)nc4C)cc(=O)[nH]3)nc(C)c2c1. The van der Waals surface area contributed by atoms with Crippen molar-refractivity contribution in [1.82, 2.24) is 29.9 Å². The van der Waals surface area contributed by atoms with Crippen LogP contribution >= 0.6 is 0 Å². The van der Waals surface area contributed by atoms with Crippen molar-refractivity contribution < 1.29 is 9.47 Å². The minimum atomic E-state index is -0.312. The molecule has 11 nitrogen and oxygen atoms in total. The Morgan fingerprint density at radius 3 is 2.69 bits per heavy atom. The van der Waals surface area contributed by atoms with Gasteiger partial charge in [0, 0.05) is 36.3 Å². The highest BCUT2D eigenvalue weighted by atomic mass is 16.5. The third kappa shape index (κ3) is 4.90. The maximum absolute atomic E-state index is 12.4. The van der Waals surface area contributed by atoms with E-state index < -0.39 is 0 Å². The van der Waals surface area contributed by atoms with E-state index in [4.69, 9.17) is 9.47 Å². The largest absolute Gasteiger partial charge is 0.494 e. The van der Waals surface area contributed by atoms with Gasteiger partial charge in [-0.15, -0.1) is 0 Å². The molecule has 4 heterocycles. The van der Waals surface area contributed by atoms with Gasteiger partial charge >= 0.3 is 0 Å². The van der Waals surface area contributed by atoms with E-state index in [-0.39, 0.29) is 11.5 Å². The summed E-state index contributed by atoms with van der Waals surface area (Å²) in [6, 6.07) is 7.09. The Morgan fingerprint density at radius 1 is 1.09 bits per heavy atom. The normalized spacial score (nSPS) is 13.7. The second-order valence-corrected chi connectivity index (χ2v) is 8.12. The van der Waals surface area contributed by atoms with Gasteiger partial charge in [-0.1, -0.05) is 0 Å². The Labute approximate surface area is 201 Å². The number of anilines is 3. The summed E-state index contributed by atoms with van der Waals surface area (Å²) in [5.74, 6) is 1.97. The van der Waals surface area contributed by atoms with Crippen molar-refractivity contribution in [2.45, 2.75) is 20.8 Å². The van der Waals surface area contributed by atoms with Crippen LogP contribution in [-0.2, 0) is 4.74 Å². The van der Waals surface area contributed by atoms with E-state index in [1.54, 1.807) is 6.20 Å². The standard InChI is InChI=1S/C24H26N8O3/c1-4-35-16-5-6-19-17(11-16)14(2)26-22(28-19)31-23-29-20(12-21(33)30-23)18-13-25-24(27-15(18)3)32-7-9-34-10-8-32/h5-6,11-13H,4,7-10H2,1-3H3,(H2,26,28,29,30,31,33). The van der Waals surface area contributed by atoms with Crippen LogP contribution in [0.1, 0.15) is 18.3 Å². The Bertz CT molecular complexity index is 1430. The zero-order valence-electron chi connectivity index (χ0n) is 19.8. The van der Waals surface area contributed by atoms with E-state index >= 15 is 0 Å².